The third-order valence-electron chi connectivity index (χ3n) is 4.07. The summed E-state index contributed by atoms with van der Waals surface area (Å²) in [4.78, 5) is 0. The molecule has 0 rings (SSSR count). The molecule has 0 spiro atoms. The van der Waals surface area contributed by atoms with Gasteiger partial charge < -0.3 is 0 Å². The Kier molecular flexibility index (Phi) is 27.3. The Hall–Kier alpha value is 0.310. The SMILES string of the molecule is CCC.CCCCCCCCCCCCCCCC[S+](O)CC. The van der Waals surface area contributed by atoms with Gasteiger partial charge in [-0.15, -0.1) is 0 Å². The van der Waals surface area contributed by atoms with Gasteiger partial charge in [0.05, 0.1) is 0 Å². The minimum Gasteiger partial charge on any atom is -0.188 e. The van der Waals surface area contributed by atoms with E-state index in [1.165, 1.54) is 96.3 Å². The molecule has 1 unspecified atom stereocenters. The van der Waals surface area contributed by atoms with Crippen LogP contribution in [0.3, 0.4) is 0 Å². The molecular formula is C21H47OS+. The third kappa shape index (κ3) is 27.5. The van der Waals surface area contributed by atoms with Crippen molar-refractivity contribution < 1.29 is 4.55 Å². The lowest BCUT2D eigenvalue weighted by Gasteiger charge is -2.03. The van der Waals surface area contributed by atoms with Gasteiger partial charge in [0.25, 0.3) is 0 Å². The van der Waals surface area contributed by atoms with Crippen molar-refractivity contribution in [3.8, 4) is 0 Å². The zero-order valence-corrected chi connectivity index (χ0v) is 17.7. The standard InChI is InChI=1S/C18H39OS.C3H8/c1-3-5-6-7-8-9-10-11-12-13-14-15-16-17-18-20(19)4-2;1-3-2/h19H,3-18H2,1-2H3;3H2,1-2H3/q+1;. The molecule has 0 radical (unpaired) electrons. The van der Waals surface area contributed by atoms with E-state index < -0.39 is 0 Å². The van der Waals surface area contributed by atoms with Gasteiger partial charge in [0.1, 0.15) is 22.7 Å². The smallest absolute Gasteiger partial charge is 0.143 e. The first kappa shape index (κ1) is 25.5. The summed E-state index contributed by atoms with van der Waals surface area (Å²) in [7, 11) is 0. The highest BCUT2D eigenvalue weighted by Crippen LogP contribution is 2.13. The molecule has 1 atom stereocenters. The van der Waals surface area contributed by atoms with Crippen molar-refractivity contribution in [2.45, 2.75) is 124 Å². The van der Waals surface area contributed by atoms with Crippen molar-refractivity contribution >= 4 is 11.2 Å². The summed E-state index contributed by atoms with van der Waals surface area (Å²) in [6.45, 7) is 8.61. The average Bonchev–Trinajstić information content (AvgIpc) is 2.55. The Labute approximate surface area is 151 Å². The second-order valence-electron chi connectivity index (χ2n) is 6.76. The van der Waals surface area contributed by atoms with Gasteiger partial charge in [-0.1, -0.05) is 104 Å². The highest BCUT2D eigenvalue weighted by atomic mass is 32.2. The van der Waals surface area contributed by atoms with E-state index in [1.807, 2.05) is 0 Å². The minimum absolute atomic E-state index is 0.293. The third-order valence-corrected chi connectivity index (χ3v) is 5.49. The van der Waals surface area contributed by atoms with Gasteiger partial charge in [0, 0.05) is 0 Å². The molecule has 0 aromatic heterocycles. The van der Waals surface area contributed by atoms with E-state index in [-0.39, 0.29) is 11.2 Å². The molecule has 0 aliphatic heterocycles. The van der Waals surface area contributed by atoms with Crippen LogP contribution < -0.4 is 0 Å². The molecule has 0 aromatic rings. The Morgan fingerprint density at radius 1 is 0.522 bits per heavy atom. The van der Waals surface area contributed by atoms with Crippen LogP contribution in [0.25, 0.3) is 0 Å². The molecule has 0 saturated carbocycles. The van der Waals surface area contributed by atoms with Gasteiger partial charge in [-0.2, -0.15) is 4.55 Å². The van der Waals surface area contributed by atoms with Gasteiger partial charge in [-0.25, -0.2) is 0 Å². The first-order chi connectivity index (χ1) is 11.2. The zero-order valence-electron chi connectivity index (χ0n) is 16.9. The van der Waals surface area contributed by atoms with E-state index in [2.05, 4.69) is 27.7 Å². The molecular weight excluding hydrogens is 300 g/mol. The fourth-order valence-electron chi connectivity index (χ4n) is 2.61. The molecule has 0 saturated heterocycles. The van der Waals surface area contributed by atoms with Gasteiger partial charge in [0.15, 0.2) is 0 Å². The number of unbranched alkanes of at least 4 members (excludes halogenated alkanes) is 13. The summed E-state index contributed by atoms with van der Waals surface area (Å²) in [5.74, 6) is 1.98. The average molecular weight is 348 g/mol. The lowest BCUT2D eigenvalue weighted by Crippen LogP contribution is -2.07. The summed E-state index contributed by atoms with van der Waals surface area (Å²) >= 11 is -0.293. The molecule has 0 bridgehead atoms. The molecule has 0 aromatic carbocycles. The molecule has 1 N–H and O–H groups in total. The zero-order chi connectivity index (χ0) is 17.6. The summed E-state index contributed by atoms with van der Waals surface area (Å²) in [5.41, 5.74) is 0. The molecule has 2 heteroatoms. The quantitative estimate of drug-likeness (QED) is 0.221. The molecule has 0 aliphatic carbocycles. The van der Waals surface area contributed by atoms with Crippen LogP contribution >= 0.6 is 0 Å². The normalized spacial score (nSPS) is 11.9. The molecule has 142 valence electrons. The maximum Gasteiger partial charge on any atom is 0.143 e. The van der Waals surface area contributed by atoms with Crippen molar-refractivity contribution in [1.82, 2.24) is 0 Å². The second-order valence-corrected chi connectivity index (χ2v) is 8.67. The Morgan fingerprint density at radius 3 is 1.13 bits per heavy atom. The summed E-state index contributed by atoms with van der Waals surface area (Å²) < 4.78 is 9.48. The van der Waals surface area contributed by atoms with E-state index in [0.717, 1.165) is 11.5 Å². The van der Waals surface area contributed by atoms with Crippen molar-refractivity contribution in [2.24, 2.45) is 0 Å². The predicted octanol–water partition coefficient (Wildman–Crippen LogP) is 8.00. The summed E-state index contributed by atoms with van der Waals surface area (Å²) in [5, 5.41) is 0. The summed E-state index contributed by atoms with van der Waals surface area (Å²) in [6, 6.07) is 0. The molecule has 0 heterocycles. The van der Waals surface area contributed by atoms with Crippen LogP contribution in [-0.2, 0) is 11.2 Å². The monoisotopic (exact) mass is 347 g/mol. The van der Waals surface area contributed by atoms with Crippen LogP contribution in [-0.4, -0.2) is 16.1 Å². The van der Waals surface area contributed by atoms with Crippen LogP contribution in [0.4, 0.5) is 0 Å². The lowest BCUT2D eigenvalue weighted by molar-refractivity contribution is 0.538. The Bertz CT molecular complexity index is 185. The first-order valence-electron chi connectivity index (χ1n) is 10.6. The van der Waals surface area contributed by atoms with Crippen LogP contribution in [0.15, 0.2) is 0 Å². The van der Waals surface area contributed by atoms with Gasteiger partial charge in [-0.3, -0.25) is 0 Å². The maximum absolute atomic E-state index is 9.48. The van der Waals surface area contributed by atoms with Gasteiger partial charge >= 0.3 is 0 Å². The predicted molar refractivity (Wildman–Crippen MR) is 112 cm³/mol. The Morgan fingerprint density at radius 2 is 0.826 bits per heavy atom. The lowest BCUT2D eigenvalue weighted by atomic mass is 10.0. The summed E-state index contributed by atoms with van der Waals surface area (Å²) in [6.07, 6.45) is 20.9. The van der Waals surface area contributed by atoms with Crippen molar-refractivity contribution in [3.63, 3.8) is 0 Å². The van der Waals surface area contributed by atoms with Gasteiger partial charge in [0.2, 0.25) is 0 Å². The van der Waals surface area contributed by atoms with Crippen molar-refractivity contribution in [1.29, 1.82) is 0 Å². The molecule has 23 heavy (non-hydrogen) atoms. The molecule has 1 nitrogen and oxygen atoms in total. The highest BCUT2D eigenvalue weighted by molar-refractivity contribution is 7.91. The highest BCUT2D eigenvalue weighted by Gasteiger charge is 2.09. The van der Waals surface area contributed by atoms with Gasteiger partial charge in [-0.05, 0) is 19.8 Å². The van der Waals surface area contributed by atoms with E-state index in [4.69, 9.17) is 0 Å². The topological polar surface area (TPSA) is 20.2 Å². The van der Waals surface area contributed by atoms with E-state index >= 15 is 0 Å². The van der Waals surface area contributed by atoms with Crippen LogP contribution in [0.2, 0.25) is 0 Å². The molecule has 0 amide bonds. The number of hydrogen-bond donors (Lipinski definition) is 1. The second kappa shape index (κ2) is 24.6. The minimum atomic E-state index is -0.293. The molecule has 0 aliphatic rings. The van der Waals surface area contributed by atoms with Crippen LogP contribution in [0.5, 0.6) is 0 Å². The van der Waals surface area contributed by atoms with E-state index in [9.17, 15) is 4.55 Å². The van der Waals surface area contributed by atoms with Crippen LogP contribution in [0, 0.1) is 0 Å². The largest absolute Gasteiger partial charge is 0.188 e. The first-order valence-corrected chi connectivity index (χ1v) is 12.1. The van der Waals surface area contributed by atoms with Crippen molar-refractivity contribution in [2.75, 3.05) is 11.5 Å². The van der Waals surface area contributed by atoms with Crippen molar-refractivity contribution in [3.05, 3.63) is 0 Å². The van der Waals surface area contributed by atoms with E-state index in [0.29, 0.717) is 0 Å². The molecule has 0 fully saturated rings. The fourth-order valence-corrected chi connectivity index (χ4v) is 3.43. The Balaban J connectivity index is 0. The number of hydrogen-bond acceptors (Lipinski definition) is 1. The van der Waals surface area contributed by atoms with Crippen LogP contribution in [0.1, 0.15) is 124 Å². The fraction of sp³-hybridized carbons (Fsp3) is 1.00. The van der Waals surface area contributed by atoms with E-state index in [1.54, 1.807) is 0 Å². The number of rotatable bonds is 16. The maximum atomic E-state index is 9.48.